The molecule has 27 heavy (non-hydrogen) atoms. The number of benzene rings is 3. The van der Waals surface area contributed by atoms with Crippen molar-refractivity contribution in [2.75, 3.05) is 10.0 Å². The molecule has 5 nitrogen and oxygen atoms in total. The van der Waals surface area contributed by atoms with E-state index in [-0.39, 0.29) is 16.1 Å². The molecule has 0 spiro atoms. The Bertz CT molecular complexity index is 1070. The number of rotatable bonds is 5. The number of para-hydroxylation sites is 2. The second-order valence-electron chi connectivity index (χ2n) is 5.51. The van der Waals surface area contributed by atoms with E-state index in [1.54, 1.807) is 18.2 Å². The van der Waals surface area contributed by atoms with Gasteiger partial charge in [-0.3, -0.25) is 9.52 Å². The molecule has 0 atom stereocenters. The lowest BCUT2D eigenvalue weighted by molar-refractivity contribution is 0.102. The van der Waals surface area contributed by atoms with E-state index < -0.39 is 33.3 Å². The fourth-order valence-corrected chi connectivity index (χ4v) is 3.47. The van der Waals surface area contributed by atoms with Crippen LogP contribution in [0.4, 0.5) is 20.2 Å². The molecule has 0 aromatic heterocycles. The third kappa shape index (κ3) is 4.12. The Morgan fingerprint density at radius 2 is 1.37 bits per heavy atom. The first kappa shape index (κ1) is 18.5. The molecule has 138 valence electrons. The van der Waals surface area contributed by atoms with Crippen LogP contribution in [0, 0.1) is 11.6 Å². The van der Waals surface area contributed by atoms with Crippen molar-refractivity contribution in [3.8, 4) is 0 Å². The third-order valence-corrected chi connectivity index (χ3v) is 5.05. The second kappa shape index (κ2) is 7.55. The Hall–Kier alpha value is -3.26. The van der Waals surface area contributed by atoms with E-state index in [1.165, 1.54) is 42.5 Å². The van der Waals surface area contributed by atoms with Gasteiger partial charge in [0.25, 0.3) is 15.9 Å². The zero-order chi connectivity index (χ0) is 19.4. The van der Waals surface area contributed by atoms with Crippen LogP contribution in [-0.4, -0.2) is 14.3 Å². The van der Waals surface area contributed by atoms with Gasteiger partial charge in [-0.1, -0.05) is 36.4 Å². The van der Waals surface area contributed by atoms with Crippen molar-refractivity contribution in [2.24, 2.45) is 0 Å². The highest BCUT2D eigenvalue weighted by molar-refractivity contribution is 7.92. The van der Waals surface area contributed by atoms with Gasteiger partial charge in [-0.2, -0.15) is 0 Å². The molecule has 0 radical (unpaired) electrons. The number of anilines is 2. The number of halogens is 2. The Morgan fingerprint density at radius 1 is 0.778 bits per heavy atom. The number of nitrogens with one attached hydrogen (secondary N) is 2. The highest BCUT2D eigenvalue weighted by Gasteiger charge is 2.20. The van der Waals surface area contributed by atoms with Crippen molar-refractivity contribution >= 4 is 27.3 Å². The summed E-state index contributed by atoms with van der Waals surface area (Å²) in [4.78, 5) is 12.5. The van der Waals surface area contributed by atoms with Gasteiger partial charge in [-0.25, -0.2) is 17.2 Å². The van der Waals surface area contributed by atoms with Gasteiger partial charge in [0.1, 0.15) is 17.3 Å². The molecule has 3 rings (SSSR count). The zero-order valence-corrected chi connectivity index (χ0v) is 14.6. The number of amides is 1. The first-order valence-corrected chi connectivity index (χ1v) is 9.29. The maximum Gasteiger partial charge on any atom is 0.261 e. The van der Waals surface area contributed by atoms with Crippen LogP contribution in [0.3, 0.4) is 0 Å². The fraction of sp³-hybridized carbons (Fsp3) is 0. The molecular formula is C19H14F2N2O3S. The molecular weight excluding hydrogens is 374 g/mol. The summed E-state index contributed by atoms with van der Waals surface area (Å²) in [6.45, 7) is 0. The summed E-state index contributed by atoms with van der Waals surface area (Å²) < 4.78 is 54.8. The van der Waals surface area contributed by atoms with Gasteiger partial charge in [0.2, 0.25) is 0 Å². The molecule has 3 aromatic carbocycles. The van der Waals surface area contributed by atoms with Crippen molar-refractivity contribution in [1.82, 2.24) is 0 Å². The molecule has 3 aromatic rings. The quantitative estimate of drug-likeness (QED) is 0.693. The molecule has 0 aliphatic rings. The molecule has 0 aliphatic heterocycles. The van der Waals surface area contributed by atoms with E-state index >= 15 is 0 Å². The van der Waals surface area contributed by atoms with Gasteiger partial charge in [0.15, 0.2) is 0 Å². The third-order valence-electron chi connectivity index (χ3n) is 3.67. The Morgan fingerprint density at radius 3 is 2.04 bits per heavy atom. The minimum absolute atomic E-state index is 0.0142. The van der Waals surface area contributed by atoms with E-state index in [0.717, 1.165) is 12.1 Å². The lowest BCUT2D eigenvalue weighted by Gasteiger charge is -2.13. The molecule has 0 heterocycles. The maximum absolute atomic E-state index is 13.8. The van der Waals surface area contributed by atoms with Crippen molar-refractivity contribution in [2.45, 2.75) is 4.90 Å². The monoisotopic (exact) mass is 388 g/mol. The fourth-order valence-electron chi connectivity index (χ4n) is 2.37. The lowest BCUT2D eigenvalue weighted by Crippen LogP contribution is -2.19. The van der Waals surface area contributed by atoms with Crippen molar-refractivity contribution in [3.63, 3.8) is 0 Å². The Kier molecular flexibility index (Phi) is 5.18. The van der Waals surface area contributed by atoms with Gasteiger partial charge in [0, 0.05) is 0 Å². The molecule has 0 saturated heterocycles. The van der Waals surface area contributed by atoms with Crippen molar-refractivity contribution < 1.29 is 22.0 Å². The molecule has 0 aliphatic carbocycles. The highest BCUT2D eigenvalue weighted by Crippen LogP contribution is 2.23. The number of carbonyl (C=O) groups is 1. The highest BCUT2D eigenvalue weighted by atomic mass is 32.2. The van der Waals surface area contributed by atoms with E-state index in [1.807, 2.05) is 0 Å². The first-order chi connectivity index (χ1) is 12.9. The van der Waals surface area contributed by atoms with Gasteiger partial charge in [0.05, 0.1) is 16.1 Å². The molecule has 0 unspecified atom stereocenters. The Labute approximate surface area is 154 Å². The predicted octanol–water partition coefficient (Wildman–Crippen LogP) is 4.02. The van der Waals surface area contributed by atoms with Crippen LogP contribution in [0.1, 0.15) is 10.4 Å². The van der Waals surface area contributed by atoms with Crippen LogP contribution in [0.15, 0.2) is 77.7 Å². The molecule has 8 heteroatoms. The van der Waals surface area contributed by atoms with Gasteiger partial charge < -0.3 is 5.32 Å². The van der Waals surface area contributed by atoms with Crippen LogP contribution >= 0.6 is 0 Å². The molecule has 2 N–H and O–H groups in total. The van der Waals surface area contributed by atoms with E-state index in [2.05, 4.69) is 10.0 Å². The molecule has 0 fully saturated rings. The van der Waals surface area contributed by atoms with Gasteiger partial charge in [-0.15, -0.1) is 0 Å². The Balaban J connectivity index is 1.91. The number of hydrogen-bond acceptors (Lipinski definition) is 3. The normalized spacial score (nSPS) is 11.0. The summed E-state index contributed by atoms with van der Waals surface area (Å²) in [7, 11) is -3.94. The SMILES string of the molecule is O=C(Nc1c(F)cccc1F)c1ccccc1NS(=O)(=O)c1ccccc1. The lowest BCUT2D eigenvalue weighted by atomic mass is 10.1. The van der Waals surface area contributed by atoms with Crippen molar-refractivity contribution in [1.29, 1.82) is 0 Å². The first-order valence-electron chi connectivity index (χ1n) is 7.81. The van der Waals surface area contributed by atoms with Gasteiger partial charge >= 0.3 is 0 Å². The van der Waals surface area contributed by atoms with Crippen LogP contribution in [0.5, 0.6) is 0 Å². The summed E-state index contributed by atoms with van der Waals surface area (Å²) in [6, 6.07) is 16.5. The van der Waals surface area contributed by atoms with Crippen LogP contribution < -0.4 is 10.0 Å². The summed E-state index contributed by atoms with van der Waals surface area (Å²) in [5.74, 6) is -2.73. The van der Waals surface area contributed by atoms with Crippen LogP contribution in [-0.2, 0) is 10.0 Å². The van der Waals surface area contributed by atoms with E-state index in [4.69, 9.17) is 0 Å². The van der Waals surface area contributed by atoms with E-state index in [9.17, 15) is 22.0 Å². The molecule has 1 amide bonds. The largest absolute Gasteiger partial charge is 0.317 e. The summed E-state index contributed by atoms with van der Waals surface area (Å²) in [5, 5.41) is 2.14. The average molecular weight is 388 g/mol. The summed E-state index contributed by atoms with van der Waals surface area (Å²) >= 11 is 0. The van der Waals surface area contributed by atoms with Crippen LogP contribution in [0.2, 0.25) is 0 Å². The summed E-state index contributed by atoms with van der Waals surface area (Å²) in [6.07, 6.45) is 0. The average Bonchev–Trinajstić information content (AvgIpc) is 2.65. The number of carbonyl (C=O) groups excluding carboxylic acids is 1. The second-order valence-corrected chi connectivity index (χ2v) is 7.20. The van der Waals surface area contributed by atoms with E-state index in [0.29, 0.717) is 0 Å². The van der Waals surface area contributed by atoms with Crippen LogP contribution in [0.25, 0.3) is 0 Å². The number of sulfonamides is 1. The topological polar surface area (TPSA) is 75.3 Å². The maximum atomic E-state index is 13.8. The molecule has 0 saturated carbocycles. The molecule has 0 bridgehead atoms. The smallest absolute Gasteiger partial charge is 0.261 e. The van der Waals surface area contributed by atoms with Gasteiger partial charge in [-0.05, 0) is 36.4 Å². The minimum atomic E-state index is -3.94. The number of hydrogen-bond donors (Lipinski definition) is 2. The predicted molar refractivity (Wildman–Crippen MR) is 98.0 cm³/mol. The van der Waals surface area contributed by atoms with Crippen molar-refractivity contribution in [3.05, 3.63) is 90.0 Å². The minimum Gasteiger partial charge on any atom is -0.317 e. The zero-order valence-electron chi connectivity index (χ0n) is 13.8. The summed E-state index contributed by atoms with van der Waals surface area (Å²) in [5.41, 5.74) is -0.710. The standard InChI is InChI=1S/C19H14F2N2O3S/c20-15-10-6-11-16(21)18(15)22-19(24)14-9-4-5-12-17(14)23-27(25,26)13-7-2-1-3-8-13/h1-12,23H,(H,22,24).